The van der Waals surface area contributed by atoms with Gasteiger partial charge in [-0.3, -0.25) is 0 Å². The number of halogens is 1. The zero-order valence-corrected chi connectivity index (χ0v) is 9.89. The van der Waals surface area contributed by atoms with E-state index in [1.54, 1.807) is 11.3 Å². The topological polar surface area (TPSA) is 37.8 Å². The first-order valence-electron chi connectivity index (χ1n) is 4.06. The second kappa shape index (κ2) is 4.06. The van der Waals surface area contributed by atoms with Crippen LogP contribution in [-0.2, 0) is 0 Å². The summed E-state index contributed by atoms with van der Waals surface area (Å²) in [7, 11) is 1.82. The van der Waals surface area contributed by atoms with Crippen molar-refractivity contribution in [3.8, 4) is 10.6 Å². The predicted octanol–water partition coefficient (Wildman–Crippen LogP) is 3.01. The molecule has 0 saturated heterocycles. The molecule has 5 heteroatoms. The van der Waals surface area contributed by atoms with Gasteiger partial charge in [-0.15, -0.1) is 21.5 Å². The fraction of sp³-hybridized carbons (Fsp3) is 0.111. The van der Waals surface area contributed by atoms with E-state index in [2.05, 4.69) is 31.4 Å². The molecule has 0 saturated carbocycles. The van der Waals surface area contributed by atoms with Crippen molar-refractivity contribution >= 4 is 33.1 Å². The molecule has 1 N–H and O–H groups in total. The zero-order chi connectivity index (χ0) is 9.97. The van der Waals surface area contributed by atoms with Gasteiger partial charge in [0, 0.05) is 11.5 Å². The van der Waals surface area contributed by atoms with E-state index < -0.39 is 0 Å². The van der Waals surface area contributed by atoms with Crippen LogP contribution < -0.4 is 5.32 Å². The van der Waals surface area contributed by atoms with E-state index in [-0.39, 0.29) is 0 Å². The first-order valence-corrected chi connectivity index (χ1v) is 5.73. The quantitative estimate of drug-likeness (QED) is 0.911. The van der Waals surface area contributed by atoms with Crippen LogP contribution in [0.5, 0.6) is 0 Å². The third kappa shape index (κ3) is 1.78. The first kappa shape index (κ1) is 9.61. The first-order chi connectivity index (χ1) is 6.81. The van der Waals surface area contributed by atoms with E-state index in [9.17, 15) is 0 Å². The summed E-state index contributed by atoms with van der Waals surface area (Å²) in [5.41, 5.74) is 0.894. The largest absolute Gasteiger partial charge is 0.372 e. The smallest absolute Gasteiger partial charge is 0.148 e. The summed E-state index contributed by atoms with van der Waals surface area (Å²) in [6.45, 7) is 0. The van der Waals surface area contributed by atoms with Crippen molar-refractivity contribution in [1.82, 2.24) is 10.2 Å². The fourth-order valence-corrected chi connectivity index (χ4v) is 2.60. The zero-order valence-electron chi connectivity index (χ0n) is 7.49. The maximum atomic E-state index is 4.12. The lowest BCUT2D eigenvalue weighted by atomic mass is 10.3. The van der Waals surface area contributed by atoms with Gasteiger partial charge in [0.2, 0.25) is 0 Å². The lowest BCUT2D eigenvalue weighted by Gasteiger charge is -1.99. The highest BCUT2D eigenvalue weighted by atomic mass is 79.9. The summed E-state index contributed by atoms with van der Waals surface area (Å²) in [4.78, 5) is 1.11. The molecular weight excluding hydrogens is 262 g/mol. The van der Waals surface area contributed by atoms with Crippen molar-refractivity contribution < 1.29 is 0 Å². The number of rotatable bonds is 2. The molecule has 14 heavy (non-hydrogen) atoms. The number of hydrogen-bond donors (Lipinski definition) is 1. The molecule has 0 atom stereocenters. The third-order valence-corrected chi connectivity index (χ3v) is 3.63. The molecule has 2 aromatic heterocycles. The molecule has 72 valence electrons. The fourth-order valence-electron chi connectivity index (χ4n) is 1.06. The van der Waals surface area contributed by atoms with Crippen LogP contribution in [0.25, 0.3) is 10.6 Å². The summed E-state index contributed by atoms with van der Waals surface area (Å²) < 4.78 is 1.06. The van der Waals surface area contributed by atoms with Crippen molar-refractivity contribution in [2.75, 3.05) is 12.4 Å². The number of thiophene rings is 1. The standard InChI is InChI=1S/C9H8BrN3S/c1-11-8-3-2-7(12-13-8)9-6(10)4-5-14-9/h2-5H,1H3,(H,11,13). The van der Waals surface area contributed by atoms with Crippen molar-refractivity contribution in [2.24, 2.45) is 0 Å². The molecule has 0 spiro atoms. The number of anilines is 1. The normalized spacial score (nSPS) is 10.1. The van der Waals surface area contributed by atoms with Gasteiger partial charge in [-0.2, -0.15) is 0 Å². The van der Waals surface area contributed by atoms with Gasteiger partial charge in [0.1, 0.15) is 11.5 Å². The van der Waals surface area contributed by atoms with Crippen LogP contribution in [0.15, 0.2) is 28.1 Å². The predicted molar refractivity (Wildman–Crippen MR) is 62.6 cm³/mol. The highest BCUT2D eigenvalue weighted by Gasteiger charge is 2.05. The monoisotopic (exact) mass is 269 g/mol. The van der Waals surface area contributed by atoms with E-state index in [0.717, 1.165) is 20.9 Å². The minimum atomic E-state index is 0.779. The molecule has 0 aliphatic rings. The molecule has 2 heterocycles. The average Bonchev–Trinajstić information content (AvgIpc) is 2.65. The van der Waals surface area contributed by atoms with Crippen LogP contribution in [0.4, 0.5) is 5.82 Å². The van der Waals surface area contributed by atoms with E-state index in [0.29, 0.717) is 0 Å². The summed E-state index contributed by atoms with van der Waals surface area (Å²) in [6, 6.07) is 5.87. The lowest BCUT2D eigenvalue weighted by molar-refractivity contribution is 1.04. The highest BCUT2D eigenvalue weighted by Crippen LogP contribution is 2.31. The Kier molecular flexibility index (Phi) is 2.79. The van der Waals surface area contributed by atoms with Crippen molar-refractivity contribution in [2.45, 2.75) is 0 Å². The minimum absolute atomic E-state index is 0.779. The molecule has 0 aliphatic carbocycles. The number of nitrogens with zero attached hydrogens (tertiary/aromatic N) is 2. The molecule has 0 radical (unpaired) electrons. The van der Waals surface area contributed by atoms with Crippen LogP contribution in [0.2, 0.25) is 0 Å². The second-order valence-electron chi connectivity index (χ2n) is 2.65. The maximum absolute atomic E-state index is 4.12. The van der Waals surface area contributed by atoms with Gasteiger partial charge in [-0.05, 0) is 39.5 Å². The van der Waals surface area contributed by atoms with Gasteiger partial charge in [0.15, 0.2) is 0 Å². The number of nitrogens with one attached hydrogen (secondary N) is 1. The molecule has 0 unspecified atom stereocenters. The Hall–Kier alpha value is -0.940. The average molecular weight is 270 g/mol. The minimum Gasteiger partial charge on any atom is -0.372 e. The second-order valence-corrected chi connectivity index (χ2v) is 4.42. The van der Waals surface area contributed by atoms with Crippen LogP contribution in [0.1, 0.15) is 0 Å². The Morgan fingerprint density at radius 3 is 2.64 bits per heavy atom. The van der Waals surface area contributed by atoms with Crippen molar-refractivity contribution in [3.05, 3.63) is 28.1 Å². The molecule has 0 bridgehead atoms. The van der Waals surface area contributed by atoms with Crippen molar-refractivity contribution in [3.63, 3.8) is 0 Å². The van der Waals surface area contributed by atoms with E-state index in [1.807, 2.05) is 30.6 Å². The third-order valence-electron chi connectivity index (χ3n) is 1.77. The molecule has 2 aromatic rings. The summed E-state index contributed by atoms with van der Waals surface area (Å²) >= 11 is 5.11. The summed E-state index contributed by atoms with van der Waals surface area (Å²) in [6.07, 6.45) is 0. The summed E-state index contributed by atoms with van der Waals surface area (Å²) in [5, 5.41) is 13.1. The SMILES string of the molecule is CNc1ccc(-c2sccc2Br)nn1. The van der Waals surface area contributed by atoms with Gasteiger partial charge >= 0.3 is 0 Å². The Bertz CT molecular complexity index is 424. The Balaban J connectivity index is 2.39. The van der Waals surface area contributed by atoms with E-state index in [4.69, 9.17) is 0 Å². The van der Waals surface area contributed by atoms with Gasteiger partial charge in [0.05, 0.1) is 4.88 Å². The maximum Gasteiger partial charge on any atom is 0.148 e. The van der Waals surface area contributed by atoms with Gasteiger partial charge < -0.3 is 5.32 Å². The van der Waals surface area contributed by atoms with E-state index >= 15 is 0 Å². The molecule has 0 fully saturated rings. The number of hydrogen-bond acceptors (Lipinski definition) is 4. The molecule has 0 amide bonds. The van der Waals surface area contributed by atoms with Crippen LogP contribution in [-0.4, -0.2) is 17.2 Å². The van der Waals surface area contributed by atoms with Crippen LogP contribution in [0.3, 0.4) is 0 Å². The number of aromatic nitrogens is 2. The Labute approximate surface area is 94.3 Å². The Morgan fingerprint density at radius 1 is 1.29 bits per heavy atom. The van der Waals surface area contributed by atoms with Gasteiger partial charge in [-0.25, -0.2) is 0 Å². The van der Waals surface area contributed by atoms with E-state index in [1.165, 1.54) is 0 Å². The molecular formula is C9H8BrN3S. The molecule has 0 aliphatic heterocycles. The molecule has 3 nitrogen and oxygen atoms in total. The van der Waals surface area contributed by atoms with Crippen molar-refractivity contribution in [1.29, 1.82) is 0 Å². The molecule has 0 aromatic carbocycles. The Morgan fingerprint density at radius 2 is 2.14 bits per heavy atom. The van der Waals surface area contributed by atoms with Crippen LogP contribution >= 0.6 is 27.3 Å². The molecule has 2 rings (SSSR count). The van der Waals surface area contributed by atoms with Gasteiger partial charge in [-0.1, -0.05) is 0 Å². The lowest BCUT2D eigenvalue weighted by Crippen LogP contribution is -1.94. The van der Waals surface area contributed by atoms with Gasteiger partial charge in [0.25, 0.3) is 0 Å². The summed E-state index contributed by atoms with van der Waals surface area (Å²) in [5.74, 6) is 0.779. The van der Waals surface area contributed by atoms with Crippen LogP contribution in [0, 0.1) is 0 Å². The highest BCUT2D eigenvalue weighted by molar-refractivity contribution is 9.10.